The van der Waals surface area contributed by atoms with Crippen molar-refractivity contribution < 1.29 is 57.4 Å². The van der Waals surface area contributed by atoms with Crippen molar-refractivity contribution >= 4 is 18.0 Å². The first-order chi connectivity index (χ1) is 25.5. The summed E-state index contributed by atoms with van der Waals surface area (Å²) in [4.78, 5) is 45.7. The molecule has 2 saturated heterocycles. The smallest absolute Gasteiger partial charge is 0.408 e. The maximum Gasteiger partial charge on any atom is 0.408 e. The van der Waals surface area contributed by atoms with Gasteiger partial charge in [0.1, 0.15) is 47.6 Å². The highest BCUT2D eigenvalue weighted by Gasteiger charge is 2.74. The van der Waals surface area contributed by atoms with E-state index in [9.17, 15) is 24.6 Å². The maximum atomic E-state index is 15.1. The fourth-order valence-electron chi connectivity index (χ4n) is 10.0. The molecule has 2 aliphatic heterocycles. The van der Waals surface area contributed by atoms with Crippen LogP contribution in [0.5, 0.6) is 0 Å². The summed E-state index contributed by atoms with van der Waals surface area (Å²) in [6.07, 6.45) is -1.82. The highest BCUT2D eigenvalue weighted by Crippen LogP contribution is 2.66. The SMILES string of the molecule is CC(=O)O[C@@]12CO[C@@H]1C=C[C@@]1(C)[C@@H]3O[C@H](CN(C)C)O[C@@H]3C3=C(C)[C@@H](OC(=O)[C@H](O)[C@@H](NC(=O)OC(C)(C)C)c4ncccc4F)C[C@@](O)([C@@H](C)[C@@H]12)C3(C)C. The molecule has 0 radical (unpaired) electrons. The first-order valence-corrected chi connectivity index (χ1v) is 18.8. The van der Waals surface area contributed by atoms with Crippen LogP contribution in [-0.2, 0) is 38.0 Å². The Kier molecular flexibility index (Phi) is 10.6. The number of rotatable bonds is 8. The van der Waals surface area contributed by atoms with Gasteiger partial charge in [-0.15, -0.1) is 0 Å². The molecule has 0 spiro atoms. The van der Waals surface area contributed by atoms with Gasteiger partial charge in [0.25, 0.3) is 0 Å². The fraction of sp³-hybridized carbons (Fsp3) is 0.700. The molecule has 55 heavy (non-hydrogen) atoms. The number of carbonyl (C=O) groups is 3. The van der Waals surface area contributed by atoms with Crippen molar-refractivity contribution in [1.82, 2.24) is 15.2 Å². The molecule has 3 N–H and O–H groups in total. The molecular weight excluding hydrogens is 717 g/mol. The minimum atomic E-state index is -2.14. The van der Waals surface area contributed by atoms with E-state index in [1.807, 2.05) is 58.8 Å². The van der Waals surface area contributed by atoms with Crippen LogP contribution < -0.4 is 5.32 Å². The van der Waals surface area contributed by atoms with E-state index in [1.165, 1.54) is 19.2 Å². The second-order valence-corrected chi connectivity index (χ2v) is 17.8. The molecule has 1 amide bonds. The summed E-state index contributed by atoms with van der Waals surface area (Å²) in [5, 5.41) is 27.3. The number of pyridine rings is 1. The lowest BCUT2D eigenvalue weighted by atomic mass is 9.44. The van der Waals surface area contributed by atoms with Crippen LogP contribution in [0.2, 0.25) is 0 Å². The second-order valence-electron chi connectivity index (χ2n) is 17.8. The largest absolute Gasteiger partial charge is 0.456 e. The van der Waals surface area contributed by atoms with Gasteiger partial charge >= 0.3 is 18.0 Å². The summed E-state index contributed by atoms with van der Waals surface area (Å²) in [6.45, 7) is 16.4. The van der Waals surface area contributed by atoms with E-state index < -0.39 is 112 Å². The highest BCUT2D eigenvalue weighted by atomic mass is 19.1. The molecule has 304 valence electrons. The quantitative estimate of drug-likeness (QED) is 0.198. The number of carbonyl (C=O) groups excluding carboxylic acids is 3. The summed E-state index contributed by atoms with van der Waals surface area (Å²) < 4.78 is 52.4. The van der Waals surface area contributed by atoms with E-state index in [4.69, 9.17) is 28.4 Å². The highest BCUT2D eigenvalue weighted by molar-refractivity contribution is 5.78. The second kappa shape index (κ2) is 14.2. The average molecular weight is 774 g/mol. The molecule has 2 bridgehead atoms. The molecule has 1 aromatic heterocycles. The number of alkyl carbamates (subject to hydrolysis) is 1. The van der Waals surface area contributed by atoms with E-state index in [1.54, 1.807) is 27.7 Å². The number of amides is 1. The molecule has 0 aromatic carbocycles. The van der Waals surface area contributed by atoms with Gasteiger partial charge < -0.3 is 48.9 Å². The van der Waals surface area contributed by atoms with Gasteiger partial charge in [-0.2, -0.15) is 0 Å². The average Bonchev–Trinajstić information content (AvgIpc) is 3.46. The Morgan fingerprint density at radius 2 is 1.87 bits per heavy atom. The van der Waals surface area contributed by atoms with Crippen molar-refractivity contribution in [3.05, 3.63) is 53.1 Å². The summed E-state index contributed by atoms with van der Waals surface area (Å²) in [7, 11) is 3.81. The van der Waals surface area contributed by atoms with Gasteiger partial charge in [0.2, 0.25) is 0 Å². The molecule has 14 nitrogen and oxygen atoms in total. The molecule has 15 heteroatoms. The monoisotopic (exact) mass is 773 g/mol. The number of aromatic nitrogens is 1. The van der Waals surface area contributed by atoms with Crippen LogP contribution >= 0.6 is 0 Å². The number of esters is 2. The normalized spacial score (nSPS) is 37.3. The number of hydrogen-bond donors (Lipinski definition) is 3. The van der Waals surface area contributed by atoms with E-state index in [-0.39, 0.29) is 13.0 Å². The van der Waals surface area contributed by atoms with Gasteiger partial charge in [-0.05, 0) is 71.0 Å². The van der Waals surface area contributed by atoms with Gasteiger partial charge in [-0.25, -0.2) is 14.0 Å². The van der Waals surface area contributed by atoms with Gasteiger partial charge in [0.15, 0.2) is 18.0 Å². The number of aliphatic hydroxyl groups excluding tert-OH is 1. The molecule has 0 unspecified atom stereocenters. The molecule has 1 saturated carbocycles. The summed E-state index contributed by atoms with van der Waals surface area (Å²) in [5.41, 5.74) is -4.73. The van der Waals surface area contributed by atoms with E-state index in [2.05, 4.69) is 10.3 Å². The molecule has 3 heterocycles. The lowest BCUT2D eigenvalue weighted by Gasteiger charge is -2.66. The standard InChI is InChI=1S/C40H56FN3O11/c1-20-24(51-34(47)30(46)29(28-23(41)13-12-16-42-28)43-35(48)55-36(4,5)6)17-40(49)21(2)32-38(9,15-14-25-39(32,19-50-25)54-22(3)45)33-31(27(20)37(40,7)8)52-26(53-33)18-44(10)11/h12-16,21,24-26,29-33,46,49H,17-19H2,1-11H3,(H,43,48)/t21-,24-,25+,26+,29-,30+,31+,32-,33+,38+,39-,40+/m0/s1. The zero-order valence-corrected chi connectivity index (χ0v) is 33.5. The predicted octanol–water partition coefficient (Wildman–Crippen LogP) is 3.75. The van der Waals surface area contributed by atoms with E-state index in [0.29, 0.717) is 17.7 Å². The molecular formula is C40H56FN3O11. The van der Waals surface area contributed by atoms with Crippen LogP contribution in [0.4, 0.5) is 9.18 Å². The number of likely N-dealkylation sites (N-methyl/N-ethyl adjacent to an activating group) is 1. The summed E-state index contributed by atoms with van der Waals surface area (Å²) in [6, 6.07) is 0.729. The maximum absolute atomic E-state index is 15.1. The number of hydrogen-bond acceptors (Lipinski definition) is 13. The number of halogens is 1. The summed E-state index contributed by atoms with van der Waals surface area (Å²) >= 11 is 0. The third kappa shape index (κ3) is 6.88. The third-order valence-electron chi connectivity index (χ3n) is 12.4. The number of fused-ring (bicyclic) bond motifs is 8. The molecule has 5 aliphatic rings. The molecule has 3 fully saturated rings. The Hall–Kier alpha value is -3.47. The van der Waals surface area contributed by atoms with Crippen molar-refractivity contribution in [1.29, 1.82) is 0 Å². The van der Waals surface area contributed by atoms with Crippen LogP contribution in [0, 0.1) is 28.5 Å². The van der Waals surface area contributed by atoms with Crippen molar-refractivity contribution in [2.45, 2.75) is 128 Å². The van der Waals surface area contributed by atoms with Gasteiger partial charge in [-0.1, -0.05) is 39.8 Å². The lowest BCUT2D eigenvalue weighted by Crippen LogP contribution is -2.76. The first kappa shape index (κ1) is 41.2. The zero-order chi connectivity index (χ0) is 40.6. The Morgan fingerprint density at radius 1 is 1.18 bits per heavy atom. The van der Waals surface area contributed by atoms with Gasteiger partial charge in [0.05, 0.1) is 12.2 Å². The summed E-state index contributed by atoms with van der Waals surface area (Å²) in [5.74, 6) is -3.76. The van der Waals surface area contributed by atoms with E-state index >= 15 is 4.39 Å². The van der Waals surface area contributed by atoms with Crippen LogP contribution in [0.25, 0.3) is 0 Å². The number of nitrogens with zero attached hydrogens (tertiary/aromatic N) is 2. The van der Waals surface area contributed by atoms with Crippen molar-refractivity contribution in [2.24, 2.45) is 22.7 Å². The Bertz CT molecular complexity index is 1760. The molecule has 3 aliphatic carbocycles. The van der Waals surface area contributed by atoms with Gasteiger partial charge in [0, 0.05) is 42.8 Å². The van der Waals surface area contributed by atoms with Crippen molar-refractivity contribution in [3.63, 3.8) is 0 Å². The first-order valence-electron chi connectivity index (χ1n) is 18.8. The molecule has 12 atom stereocenters. The van der Waals surface area contributed by atoms with Crippen molar-refractivity contribution in [2.75, 3.05) is 27.2 Å². The number of ether oxygens (including phenoxy) is 6. The lowest BCUT2D eigenvalue weighted by molar-refractivity contribution is -0.306. The zero-order valence-electron chi connectivity index (χ0n) is 33.5. The Balaban J connectivity index is 1.44. The topological polar surface area (TPSA) is 175 Å². The molecule has 1 aromatic rings. The van der Waals surface area contributed by atoms with Crippen LogP contribution in [0.3, 0.4) is 0 Å². The van der Waals surface area contributed by atoms with Crippen molar-refractivity contribution in [3.8, 4) is 0 Å². The Labute approximate surface area is 321 Å². The van der Waals surface area contributed by atoms with E-state index in [0.717, 1.165) is 6.07 Å². The minimum absolute atomic E-state index is 0.102. The third-order valence-corrected chi connectivity index (χ3v) is 12.4. The Morgan fingerprint density at radius 3 is 2.45 bits per heavy atom. The fourth-order valence-corrected chi connectivity index (χ4v) is 10.0. The van der Waals surface area contributed by atoms with Gasteiger partial charge in [-0.3, -0.25) is 9.78 Å². The number of nitrogens with one attached hydrogen (secondary N) is 1. The predicted molar refractivity (Wildman–Crippen MR) is 194 cm³/mol. The number of aliphatic hydroxyl groups is 2. The molecule has 6 rings (SSSR count). The minimum Gasteiger partial charge on any atom is -0.456 e. The van der Waals surface area contributed by atoms with Crippen LogP contribution in [-0.4, -0.2) is 119 Å². The van der Waals surface area contributed by atoms with Crippen LogP contribution in [0.1, 0.15) is 80.5 Å². The van der Waals surface area contributed by atoms with Crippen LogP contribution in [0.15, 0.2) is 41.6 Å².